The monoisotopic (exact) mass is 545 g/mol. The molecule has 186 valence electrons. The van der Waals surface area contributed by atoms with Crippen molar-refractivity contribution in [3.8, 4) is 16.9 Å². The Labute approximate surface area is 215 Å². The number of anilines is 2. The van der Waals surface area contributed by atoms with Crippen molar-refractivity contribution in [3.63, 3.8) is 0 Å². The minimum atomic E-state index is -3.01. The van der Waals surface area contributed by atoms with E-state index < -0.39 is 15.7 Å². The number of sulfone groups is 1. The number of carbonyl (C=O) groups excluding carboxylic acids is 1. The van der Waals surface area contributed by atoms with Crippen LogP contribution in [0.5, 0.6) is 5.75 Å². The van der Waals surface area contributed by atoms with Gasteiger partial charge in [-0.05, 0) is 19.1 Å². The van der Waals surface area contributed by atoms with Gasteiger partial charge in [0, 0.05) is 36.1 Å². The molecular weight excluding hydrogens is 526 g/mol. The number of rotatable bonds is 5. The number of halogens is 1. The van der Waals surface area contributed by atoms with E-state index in [1.54, 1.807) is 18.3 Å². The summed E-state index contributed by atoms with van der Waals surface area (Å²) in [6, 6.07) is 3.41. The van der Waals surface area contributed by atoms with Crippen LogP contribution in [-0.4, -0.2) is 70.9 Å². The number of nitrogens with zero attached hydrogens (tertiary/aromatic N) is 6. The quantitative estimate of drug-likeness (QED) is 0.372. The summed E-state index contributed by atoms with van der Waals surface area (Å²) < 4.78 is 28.8. The van der Waals surface area contributed by atoms with E-state index in [-0.39, 0.29) is 16.7 Å². The molecule has 0 saturated carbocycles. The fraction of sp³-hybridized carbons (Fsp3) is 0.273. The van der Waals surface area contributed by atoms with Crippen molar-refractivity contribution in [2.24, 2.45) is 0 Å². The van der Waals surface area contributed by atoms with Crippen LogP contribution >= 0.6 is 22.9 Å². The highest BCUT2D eigenvalue weighted by Crippen LogP contribution is 2.34. The number of ether oxygens (including phenoxy) is 1. The minimum absolute atomic E-state index is 0.0682. The smallest absolute Gasteiger partial charge is 0.259 e. The van der Waals surface area contributed by atoms with Crippen molar-refractivity contribution < 1.29 is 17.9 Å². The zero-order valence-electron chi connectivity index (χ0n) is 19.2. The van der Waals surface area contributed by atoms with Crippen LogP contribution in [0.4, 0.5) is 11.1 Å². The molecule has 0 bridgehead atoms. The van der Waals surface area contributed by atoms with Gasteiger partial charge < -0.3 is 9.64 Å². The summed E-state index contributed by atoms with van der Waals surface area (Å²) in [7, 11) is -1.50. The summed E-state index contributed by atoms with van der Waals surface area (Å²) in [5.41, 5.74) is 2.74. The number of nitrogens with one attached hydrogen (secondary N) is 1. The number of hydrogen-bond donors (Lipinski definition) is 1. The SMILES string of the molecule is COc1cnc(Cl)cc1-c1cc(C)ncc1C(=O)Nc1nc2cnc(N3CCS(=O)(=O)CC3)nc2s1. The summed E-state index contributed by atoms with van der Waals surface area (Å²) >= 11 is 7.31. The topological polar surface area (TPSA) is 140 Å². The van der Waals surface area contributed by atoms with Crippen LogP contribution in [0.15, 0.2) is 30.7 Å². The maximum Gasteiger partial charge on any atom is 0.259 e. The summed E-state index contributed by atoms with van der Waals surface area (Å²) in [6.45, 7) is 2.49. The Morgan fingerprint density at radius 3 is 2.61 bits per heavy atom. The van der Waals surface area contributed by atoms with Crippen molar-refractivity contribution in [2.45, 2.75) is 6.92 Å². The van der Waals surface area contributed by atoms with Gasteiger partial charge in [0.25, 0.3) is 5.91 Å². The summed E-state index contributed by atoms with van der Waals surface area (Å²) in [5, 5.41) is 3.42. The van der Waals surface area contributed by atoms with Crippen LogP contribution in [-0.2, 0) is 9.84 Å². The molecule has 1 amide bonds. The van der Waals surface area contributed by atoms with E-state index >= 15 is 0 Å². The number of pyridine rings is 2. The molecule has 0 aliphatic carbocycles. The van der Waals surface area contributed by atoms with Gasteiger partial charge >= 0.3 is 0 Å². The first kappa shape index (κ1) is 24.3. The predicted octanol–water partition coefficient (Wildman–Crippen LogP) is 3.00. The lowest BCUT2D eigenvalue weighted by Crippen LogP contribution is -2.41. The van der Waals surface area contributed by atoms with Gasteiger partial charge in [0.2, 0.25) is 5.95 Å². The maximum atomic E-state index is 13.3. The lowest BCUT2D eigenvalue weighted by Gasteiger charge is -2.26. The molecule has 0 atom stereocenters. The lowest BCUT2D eigenvalue weighted by atomic mass is 10.0. The highest BCUT2D eigenvalue weighted by atomic mass is 35.5. The van der Waals surface area contributed by atoms with Crippen molar-refractivity contribution in [3.05, 3.63) is 47.1 Å². The van der Waals surface area contributed by atoms with Crippen LogP contribution in [0, 0.1) is 6.92 Å². The molecule has 0 radical (unpaired) electrons. The fourth-order valence-electron chi connectivity index (χ4n) is 3.76. The van der Waals surface area contributed by atoms with Gasteiger partial charge in [0.1, 0.15) is 16.4 Å². The molecule has 4 aromatic heterocycles. The molecule has 11 nitrogen and oxygen atoms in total. The Bertz CT molecular complexity index is 1580. The van der Waals surface area contributed by atoms with E-state index in [2.05, 4.69) is 30.2 Å². The zero-order chi connectivity index (χ0) is 25.4. The number of fused-ring (bicyclic) bond motifs is 1. The van der Waals surface area contributed by atoms with Crippen molar-refractivity contribution in [2.75, 3.05) is 41.9 Å². The molecule has 5 heterocycles. The van der Waals surface area contributed by atoms with Crippen LogP contribution < -0.4 is 15.0 Å². The third-order valence-corrected chi connectivity index (χ3v) is 8.31. The highest BCUT2D eigenvalue weighted by Gasteiger charge is 2.24. The van der Waals surface area contributed by atoms with Gasteiger partial charge in [-0.25, -0.2) is 23.4 Å². The van der Waals surface area contributed by atoms with Crippen LogP contribution in [0.1, 0.15) is 16.1 Å². The van der Waals surface area contributed by atoms with Crippen LogP contribution in [0.25, 0.3) is 21.5 Å². The second-order valence-corrected chi connectivity index (χ2v) is 11.7. The second-order valence-electron chi connectivity index (χ2n) is 8.05. The van der Waals surface area contributed by atoms with E-state index in [1.807, 2.05) is 11.8 Å². The molecule has 1 aliphatic heterocycles. The molecule has 0 spiro atoms. The third kappa shape index (κ3) is 4.94. The van der Waals surface area contributed by atoms with E-state index in [9.17, 15) is 13.2 Å². The first-order valence-corrected chi connectivity index (χ1v) is 13.8. The lowest BCUT2D eigenvalue weighted by molar-refractivity contribution is 0.102. The van der Waals surface area contributed by atoms with Gasteiger partial charge in [-0.1, -0.05) is 22.9 Å². The number of hydrogen-bond acceptors (Lipinski definition) is 11. The summed E-state index contributed by atoms with van der Waals surface area (Å²) in [5.74, 6) is 0.622. The Morgan fingerprint density at radius 1 is 1.08 bits per heavy atom. The summed E-state index contributed by atoms with van der Waals surface area (Å²) in [4.78, 5) is 37.3. The first-order chi connectivity index (χ1) is 17.2. The van der Waals surface area contributed by atoms with Crippen LogP contribution in [0.3, 0.4) is 0 Å². The Hall–Kier alpha value is -3.42. The van der Waals surface area contributed by atoms with Gasteiger partial charge in [-0.3, -0.25) is 15.1 Å². The van der Waals surface area contributed by atoms with Crippen LogP contribution in [0.2, 0.25) is 5.15 Å². The molecule has 1 saturated heterocycles. The molecule has 1 N–H and O–H groups in total. The normalized spacial score (nSPS) is 15.1. The fourth-order valence-corrected chi connectivity index (χ4v) is 5.92. The van der Waals surface area contributed by atoms with Crippen molar-refractivity contribution in [1.82, 2.24) is 24.9 Å². The molecule has 1 fully saturated rings. The van der Waals surface area contributed by atoms with Crippen molar-refractivity contribution >= 4 is 60.1 Å². The third-order valence-electron chi connectivity index (χ3n) is 5.62. The number of aromatic nitrogens is 5. The Balaban J connectivity index is 1.43. The Kier molecular flexibility index (Phi) is 6.45. The largest absolute Gasteiger partial charge is 0.494 e. The number of aryl methyl sites for hydroxylation is 1. The number of methoxy groups -OCH3 is 1. The molecule has 4 aromatic rings. The van der Waals surface area contributed by atoms with Gasteiger partial charge in [-0.15, -0.1) is 0 Å². The highest BCUT2D eigenvalue weighted by molar-refractivity contribution is 7.91. The molecular formula is C22H20ClN7O4S2. The predicted molar refractivity (Wildman–Crippen MR) is 138 cm³/mol. The maximum absolute atomic E-state index is 13.3. The average molecular weight is 546 g/mol. The zero-order valence-corrected chi connectivity index (χ0v) is 21.6. The van der Waals surface area contributed by atoms with E-state index in [0.29, 0.717) is 62.7 Å². The number of carbonyl (C=O) groups is 1. The van der Waals surface area contributed by atoms with E-state index in [4.69, 9.17) is 16.3 Å². The minimum Gasteiger partial charge on any atom is -0.494 e. The molecule has 14 heteroatoms. The molecule has 1 aliphatic rings. The molecule has 0 unspecified atom stereocenters. The van der Waals surface area contributed by atoms with Gasteiger partial charge in [0.15, 0.2) is 19.8 Å². The molecule has 5 rings (SSSR count). The molecule has 0 aromatic carbocycles. The van der Waals surface area contributed by atoms with Crippen molar-refractivity contribution in [1.29, 1.82) is 0 Å². The number of thiazole rings is 1. The van der Waals surface area contributed by atoms with E-state index in [0.717, 1.165) is 0 Å². The Morgan fingerprint density at radius 2 is 1.86 bits per heavy atom. The standard InChI is InChI=1S/C22H20ClN7O4S2/c1-12-7-13(14-8-18(23)25-11-17(14)34-2)15(9-24-12)19(31)28-22-27-16-10-26-21(29-20(16)35-22)30-3-5-36(32,33)6-4-30/h7-11H,3-6H2,1-2H3,(H,27,28,31). The molecule has 36 heavy (non-hydrogen) atoms. The summed E-state index contributed by atoms with van der Waals surface area (Å²) in [6.07, 6.45) is 4.55. The van der Waals surface area contributed by atoms with Gasteiger partial charge in [-0.2, -0.15) is 4.98 Å². The second kappa shape index (κ2) is 9.56. The van der Waals surface area contributed by atoms with Gasteiger partial charge in [0.05, 0.1) is 36.6 Å². The van der Waals surface area contributed by atoms with E-state index in [1.165, 1.54) is 30.8 Å². The number of amides is 1. The first-order valence-electron chi connectivity index (χ1n) is 10.8. The average Bonchev–Trinajstić information content (AvgIpc) is 3.25.